The van der Waals surface area contributed by atoms with Crippen LogP contribution < -0.4 is 0 Å². The lowest BCUT2D eigenvalue weighted by Gasteiger charge is -2.11. The molecule has 3 heterocycles. The summed E-state index contributed by atoms with van der Waals surface area (Å²) in [6.07, 6.45) is 0. The Morgan fingerprint density at radius 3 is 1.82 bits per heavy atom. The highest BCUT2D eigenvalue weighted by molar-refractivity contribution is 6.13. The van der Waals surface area contributed by atoms with Crippen LogP contribution in [0.15, 0.2) is 174 Å². The maximum absolute atomic E-state index is 9.00. The lowest BCUT2D eigenvalue weighted by molar-refractivity contribution is 0.669. The van der Waals surface area contributed by atoms with Gasteiger partial charge in [0.2, 0.25) is 5.95 Å². The van der Waals surface area contributed by atoms with E-state index in [0.717, 1.165) is 33.0 Å². The van der Waals surface area contributed by atoms with Gasteiger partial charge in [-0.15, -0.1) is 0 Å². The maximum Gasteiger partial charge on any atom is 0.238 e. The first-order valence-corrected chi connectivity index (χ1v) is 16.0. The second-order valence-corrected chi connectivity index (χ2v) is 11.9. The van der Waals surface area contributed by atoms with Gasteiger partial charge in [-0.05, 0) is 58.6 Å². The molecular formula is C45H28N4O. The van der Waals surface area contributed by atoms with Gasteiger partial charge in [-0.3, -0.25) is 4.57 Å². The van der Waals surface area contributed by atoms with Crippen molar-refractivity contribution >= 4 is 43.7 Å². The Morgan fingerprint density at radius 1 is 0.460 bits per heavy atom. The zero-order valence-corrected chi connectivity index (χ0v) is 26.2. The van der Waals surface area contributed by atoms with Crippen molar-refractivity contribution in [3.8, 4) is 51.0 Å². The van der Waals surface area contributed by atoms with Gasteiger partial charge in [-0.25, -0.2) is 4.98 Å². The van der Waals surface area contributed by atoms with Gasteiger partial charge in [0.15, 0.2) is 11.6 Å². The number of para-hydroxylation sites is 2. The molecule has 0 saturated carbocycles. The smallest absolute Gasteiger partial charge is 0.238 e. The van der Waals surface area contributed by atoms with Gasteiger partial charge in [0.05, 0.1) is 22.0 Å². The highest BCUT2D eigenvalue weighted by Crippen LogP contribution is 2.39. The molecule has 0 aliphatic carbocycles. The molecule has 0 radical (unpaired) electrons. The van der Waals surface area contributed by atoms with E-state index in [9.17, 15) is 0 Å². The van der Waals surface area contributed by atoms with Gasteiger partial charge in [0, 0.05) is 32.7 Å². The summed E-state index contributed by atoms with van der Waals surface area (Å²) in [4.78, 5) is 14.5. The largest absolute Gasteiger partial charge is 0.456 e. The third kappa shape index (κ3) is 4.60. The van der Waals surface area contributed by atoms with E-state index in [1.807, 2.05) is 84.9 Å². The first-order valence-electron chi connectivity index (χ1n) is 20.0. The molecule has 0 saturated heterocycles. The Labute approximate surface area is 299 Å². The third-order valence-corrected chi connectivity index (χ3v) is 8.92. The predicted molar refractivity (Wildman–Crippen MR) is 203 cm³/mol. The Balaban J connectivity index is 1.22. The van der Waals surface area contributed by atoms with E-state index >= 15 is 0 Å². The second kappa shape index (κ2) is 11.4. The first kappa shape index (κ1) is 21.2. The molecule has 50 heavy (non-hydrogen) atoms. The van der Waals surface area contributed by atoms with Gasteiger partial charge < -0.3 is 4.42 Å². The standard InChI is InChI=1S/C45H28N4O/c1-3-13-29(14-4-1)31-17-11-18-32(27-31)34-21-12-24-40-42(34)37-26-25-33(28-41(37)50-40)44-46-43(30-15-5-2-6-16-30)47-45(48-44)49-38-22-9-7-19-35(38)36-20-8-10-23-39(36)49/h1-28H/i7D,8D,9D,10D,19D,20D,22D,23D. The van der Waals surface area contributed by atoms with E-state index < -0.39 is 48.3 Å². The van der Waals surface area contributed by atoms with Crippen molar-refractivity contribution in [2.45, 2.75) is 0 Å². The molecule has 0 fully saturated rings. The summed E-state index contributed by atoms with van der Waals surface area (Å²) < 4.78 is 77.5. The fourth-order valence-corrected chi connectivity index (χ4v) is 6.63. The molecule has 10 aromatic rings. The Kier molecular flexibility index (Phi) is 4.83. The lowest BCUT2D eigenvalue weighted by Crippen LogP contribution is -2.06. The van der Waals surface area contributed by atoms with E-state index in [2.05, 4.69) is 36.4 Å². The third-order valence-electron chi connectivity index (χ3n) is 8.92. The van der Waals surface area contributed by atoms with Crippen LogP contribution in [0, 0.1) is 0 Å². The fraction of sp³-hybridized carbons (Fsp3) is 0. The molecule has 5 heteroatoms. The van der Waals surface area contributed by atoms with E-state index in [1.54, 1.807) is 0 Å². The van der Waals surface area contributed by atoms with Crippen molar-refractivity contribution in [1.82, 2.24) is 19.5 Å². The van der Waals surface area contributed by atoms with Gasteiger partial charge >= 0.3 is 0 Å². The number of rotatable bonds is 5. The van der Waals surface area contributed by atoms with Crippen molar-refractivity contribution in [3.05, 3.63) is 170 Å². The number of hydrogen-bond donors (Lipinski definition) is 0. The molecule has 0 aliphatic heterocycles. The number of furan rings is 1. The molecule has 10 rings (SSSR count). The van der Waals surface area contributed by atoms with Crippen molar-refractivity contribution < 1.29 is 15.4 Å². The van der Waals surface area contributed by atoms with Crippen LogP contribution in [0.25, 0.3) is 94.7 Å². The highest BCUT2D eigenvalue weighted by atomic mass is 16.3. The molecule has 7 aromatic carbocycles. The molecule has 0 amide bonds. The van der Waals surface area contributed by atoms with Crippen molar-refractivity contribution in [2.75, 3.05) is 0 Å². The Morgan fingerprint density at radius 2 is 1.08 bits per heavy atom. The first-order chi connectivity index (χ1) is 28.1. The van der Waals surface area contributed by atoms with Gasteiger partial charge in [-0.1, -0.05) is 133 Å². The zero-order valence-electron chi connectivity index (χ0n) is 34.2. The Bertz CT molecular complexity index is 3250. The molecule has 234 valence electrons. The van der Waals surface area contributed by atoms with Crippen molar-refractivity contribution in [3.63, 3.8) is 0 Å². The molecule has 0 atom stereocenters. The fourth-order valence-electron chi connectivity index (χ4n) is 6.63. The van der Waals surface area contributed by atoms with Crippen LogP contribution in [0.5, 0.6) is 0 Å². The number of hydrogen-bond acceptors (Lipinski definition) is 4. The van der Waals surface area contributed by atoms with Crippen LogP contribution in [0.2, 0.25) is 0 Å². The minimum Gasteiger partial charge on any atom is -0.456 e. The van der Waals surface area contributed by atoms with E-state index in [-0.39, 0.29) is 39.4 Å². The second-order valence-electron chi connectivity index (χ2n) is 11.9. The number of aromatic nitrogens is 4. The minimum absolute atomic E-state index is 0.0648. The van der Waals surface area contributed by atoms with Crippen LogP contribution in [0.4, 0.5) is 0 Å². The molecule has 0 unspecified atom stereocenters. The van der Waals surface area contributed by atoms with Crippen molar-refractivity contribution in [1.29, 1.82) is 0 Å². The Hall–Kier alpha value is -6.85. The van der Waals surface area contributed by atoms with Crippen LogP contribution in [0.1, 0.15) is 11.0 Å². The molecule has 0 aliphatic rings. The van der Waals surface area contributed by atoms with Gasteiger partial charge in [0.1, 0.15) is 11.2 Å². The quantitative estimate of drug-likeness (QED) is 0.186. The van der Waals surface area contributed by atoms with Crippen LogP contribution >= 0.6 is 0 Å². The average Bonchev–Trinajstić information content (AvgIpc) is 3.83. The summed E-state index contributed by atoms with van der Waals surface area (Å²) in [6.45, 7) is 0. The number of fused-ring (bicyclic) bond motifs is 6. The average molecular weight is 649 g/mol. The van der Waals surface area contributed by atoms with Gasteiger partial charge in [-0.2, -0.15) is 9.97 Å². The summed E-state index contributed by atoms with van der Waals surface area (Å²) in [5.74, 6) is 0.352. The molecule has 5 nitrogen and oxygen atoms in total. The number of benzene rings is 7. The molecule has 0 N–H and O–H groups in total. The van der Waals surface area contributed by atoms with Crippen LogP contribution in [0.3, 0.4) is 0 Å². The highest BCUT2D eigenvalue weighted by Gasteiger charge is 2.19. The minimum atomic E-state index is -0.532. The van der Waals surface area contributed by atoms with E-state index in [4.69, 9.17) is 30.3 Å². The van der Waals surface area contributed by atoms with E-state index in [0.29, 0.717) is 22.3 Å². The normalized spacial score (nSPS) is 13.8. The molecule has 3 aromatic heterocycles. The lowest BCUT2D eigenvalue weighted by atomic mass is 9.96. The molecule has 0 spiro atoms. The number of nitrogens with zero attached hydrogens (tertiary/aromatic N) is 4. The maximum atomic E-state index is 9.00. The SMILES string of the molecule is [2H]c1c([2H])c([2H])c2c(c1[2H])c1c([2H])c([2H])c([2H])c([2H])c1n2-c1nc(-c2ccccc2)nc(-c2ccc3c(c2)oc2cccc(-c4cccc(-c5ccccc5)c4)c23)n1. The molecular weight excluding hydrogens is 613 g/mol. The van der Waals surface area contributed by atoms with Crippen molar-refractivity contribution in [2.24, 2.45) is 0 Å². The predicted octanol–water partition coefficient (Wildman–Crippen LogP) is 11.5. The molecule has 0 bridgehead atoms. The summed E-state index contributed by atoms with van der Waals surface area (Å²) >= 11 is 0. The summed E-state index contributed by atoms with van der Waals surface area (Å²) in [6, 6.07) is 35.5. The summed E-state index contributed by atoms with van der Waals surface area (Å²) in [5.41, 5.74) is 6.57. The monoisotopic (exact) mass is 648 g/mol. The topological polar surface area (TPSA) is 56.7 Å². The van der Waals surface area contributed by atoms with Crippen LogP contribution in [-0.2, 0) is 0 Å². The zero-order chi connectivity index (χ0) is 40.0. The summed E-state index contributed by atoms with van der Waals surface area (Å²) in [5, 5.41) is 1.70. The summed E-state index contributed by atoms with van der Waals surface area (Å²) in [7, 11) is 0. The van der Waals surface area contributed by atoms with Crippen LogP contribution in [-0.4, -0.2) is 19.5 Å². The van der Waals surface area contributed by atoms with E-state index in [1.165, 1.54) is 4.57 Å². The van der Waals surface area contributed by atoms with Gasteiger partial charge in [0.25, 0.3) is 0 Å².